The summed E-state index contributed by atoms with van der Waals surface area (Å²) in [6.07, 6.45) is 0. The molecule has 122 valence electrons. The average Bonchev–Trinajstić information content (AvgIpc) is 2.79. The second-order valence-corrected chi connectivity index (χ2v) is 8.62. The van der Waals surface area contributed by atoms with E-state index in [0.717, 1.165) is 25.2 Å². The summed E-state index contributed by atoms with van der Waals surface area (Å²) >= 11 is 5.84. The van der Waals surface area contributed by atoms with E-state index in [2.05, 4.69) is 16.7 Å². The molecular weight excluding hydrogens is 327 g/mol. The van der Waals surface area contributed by atoms with Crippen LogP contribution < -0.4 is 0 Å². The summed E-state index contributed by atoms with van der Waals surface area (Å²) in [6.45, 7) is 5.22. The molecule has 4 nitrogen and oxygen atoms in total. The van der Waals surface area contributed by atoms with Crippen molar-refractivity contribution < 1.29 is 12.8 Å². The van der Waals surface area contributed by atoms with Crippen molar-refractivity contribution in [3.05, 3.63) is 34.6 Å². The lowest BCUT2D eigenvalue weighted by molar-refractivity contribution is 0.0439. The third kappa shape index (κ3) is 3.15. The highest BCUT2D eigenvalue weighted by Crippen LogP contribution is 2.28. The number of hydrogen-bond donors (Lipinski definition) is 0. The van der Waals surface area contributed by atoms with Crippen LogP contribution in [0.25, 0.3) is 0 Å². The molecule has 0 saturated carbocycles. The summed E-state index contributed by atoms with van der Waals surface area (Å²) in [6, 6.07) is 4.79. The first kappa shape index (κ1) is 16.2. The molecule has 0 spiro atoms. The van der Waals surface area contributed by atoms with Gasteiger partial charge >= 0.3 is 0 Å². The SMILES string of the molecule is CCN1CCN(Cc2ccc(F)c(Cl)c2)[C@H]2CS(=O)(=O)C[C@H]21. The van der Waals surface area contributed by atoms with Gasteiger partial charge in [-0.2, -0.15) is 0 Å². The number of halogens is 2. The fourth-order valence-corrected chi connectivity index (χ4v) is 5.80. The summed E-state index contributed by atoms with van der Waals surface area (Å²) in [5.74, 6) is 0.0254. The topological polar surface area (TPSA) is 40.6 Å². The lowest BCUT2D eigenvalue weighted by Crippen LogP contribution is -2.58. The van der Waals surface area contributed by atoms with Crippen molar-refractivity contribution in [3.8, 4) is 0 Å². The molecule has 2 aliphatic heterocycles. The van der Waals surface area contributed by atoms with E-state index in [1.807, 2.05) is 0 Å². The van der Waals surface area contributed by atoms with Crippen LogP contribution in [0.5, 0.6) is 0 Å². The van der Waals surface area contributed by atoms with Gasteiger partial charge in [-0.15, -0.1) is 0 Å². The van der Waals surface area contributed by atoms with E-state index >= 15 is 0 Å². The third-order valence-corrected chi connectivity index (χ3v) is 6.67. The van der Waals surface area contributed by atoms with E-state index < -0.39 is 15.7 Å². The van der Waals surface area contributed by atoms with E-state index in [9.17, 15) is 12.8 Å². The largest absolute Gasteiger partial charge is 0.297 e. The van der Waals surface area contributed by atoms with E-state index in [0.29, 0.717) is 6.54 Å². The van der Waals surface area contributed by atoms with Gasteiger partial charge in [-0.25, -0.2) is 12.8 Å². The second kappa shape index (κ2) is 6.07. The van der Waals surface area contributed by atoms with E-state index in [4.69, 9.17) is 11.6 Å². The second-order valence-electron chi connectivity index (χ2n) is 6.06. The van der Waals surface area contributed by atoms with E-state index in [1.54, 1.807) is 12.1 Å². The normalized spacial score (nSPS) is 28.7. The molecule has 2 heterocycles. The van der Waals surface area contributed by atoms with Crippen LogP contribution in [0.4, 0.5) is 4.39 Å². The number of hydrogen-bond acceptors (Lipinski definition) is 4. The Morgan fingerprint density at radius 1 is 1.23 bits per heavy atom. The smallest absolute Gasteiger partial charge is 0.153 e. The van der Waals surface area contributed by atoms with Crippen LogP contribution in [-0.4, -0.2) is 61.4 Å². The van der Waals surface area contributed by atoms with Crippen LogP contribution >= 0.6 is 11.6 Å². The maximum atomic E-state index is 13.3. The Labute approximate surface area is 135 Å². The molecule has 0 bridgehead atoms. The van der Waals surface area contributed by atoms with Gasteiger partial charge in [-0.3, -0.25) is 9.80 Å². The van der Waals surface area contributed by atoms with Crippen molar-refractivity contribution in [3.63, 3.8) is 0 Å². The number of nitrogens with zero attached hydrogens (tertiary/aromatic N) is 2. The molecule has 0 amide bonds. The molecule has 0 aliphatic carbocycles. The number of sulfone groups is 1. The standard InChI is InChI=1S/C15H20ClFN2O2S/c1-2-18-5-6-19(15-10-22(20,21)9-14(15)18)8-11-3-4-13(17)12(16)7-11/h3-4,7,14-15H,2,5-6,8-10H2,1H3/t14-,15+/m1/s1. The van der Waals surface area contributed by atoms with Gasteiger partial charge in [0.15, 0.2) is 9.84 Å². The van der Waals surface area contributed by atoms with Gasteiger partial charge in [0.1, 0.15) is 5.82 Å². The van der Waals surface area contributed by atoms with E-state index in [-0.39, 0.29) is 28.6 Å². The minimum atomic E-state index is -2.98. The van der Waals surface area contributed by atoms with Crippen molar-refractivity contribution >= 4 is 21.4 Å². The van der Waals surface area contributed by atoms with Gasteiger partial charge in [0.2, 0.25) is 0 Å². The molecule has 2 aliphatic rings. The quantitative estimate of drug-likeness (QED) is 0.836. The third-order valence-electron chi connectivity index (χ3n) is 4.68. The molecule has 0 N–H and O–H groups in total. The van der Waals surface area contributed by atoms with Gasteiger partial charge in [0.25, 0.3) is 0 Å². The van der Waals surface area contributed by atoms with Gasteiger partial charge in [0, 0.05) is 31.7 Å². The van der Waals surface area contributed by atoms with Crippen molar-refractivity contribution in [1.29, 1.82) is 0 Å². The Morgan fingerprint density at radius 3 is 2.50 bits per heavy atom. The minimum absolute atomic E-state index is 0.0162. The predicted octanol–water partition coefficient (Wildman–Crippen LogP) is 1.78. The number of rotatable bonds is 3. The van der Waals surface area contributed by atoms with Gasteiger partial charge < -0.3 is 0 Å². The van der Waals surface area contributed by atoms with Crippen LogP contribution in [0.15, 0.2) is 18.2 Å². The molecule has 2 fully saturated rings. The lowest BCUT2D eigenvalue weighted by Gasteiger charge is -2.43. The molecule has 0 radical (unpaired) electrons. The fraction of sp³-hybridized carbons (Fsp3) is 0.600. The molecule has 0 aromatic heterocycles. The van der Waals surface area contributed by atoms with Crippen LogP contribution in [0.3, 0.4) is 0 Å². The monoisotopic (exact) mass is 346 g/mol. The van der Waals surface area contributed by atoms with Crippen molar-refractivity contribution in [2.75, 3.05) is 31.1 Å². The Balaban J connectivity index is 1.80. The van der Waals surface area contributed by atoms with Crippen molar-refractivity contribution in [2.45, 2.75) is 25.6 Å². The van der Waals surface area contributed by atoms with Crippen LogP contribution in [-0.2, 0) is 16.4 Å². The highest BCUT2D eigenvalue weighted by Gasteiger charge is 2.45. The first-order valence-corrected chi connectivity index (χ1v) is 9.72. The van der Waals surface area contributed by atoms with Crippen molar-refractivity contribution in [2.24, 2.45) is 0 Å². The number of likely N-dealkylation sites (N-methyl/N-ethyl adjacent to an activating group) is 1. The van der Waals surface area contributed by atoms with Crippen LogP contribution in [0.1, 0.15) is 12.5 Å². The molecule has 0 unspecified atom stereocenters. The maximum absolute atomic E-state index is 13.3. The van der Waals surface area contributed by atoms with Crippen LogP contribution in [0.2, 0.25) is 5.02 Å². The first-order chi connectivity index (χ1) is 10.4. The first-order valence-electron chi connectivity index (χ1n) is 7.52. The Hall–Kier alpha value is -0.690. The number of benzene rings is 1. The maximum Gasteiger partial charge on any atom is 0.153 e. The molecule has 1 aromatic carbocycles. The summed E-state index contributed by atoms with van der Waals surface area (Å²) in [5, 5.41) is 0.111. The summed E-state index contributed by atoms with van der Waals surface area (Å²) in [5.41, 5.74) is 0.916. The molecule has 3 rings (SSSR count). The van der Waals surface area contributed by atoms with E-state index in [1.165, 1.54) is 6.07 Å². The summed E-state index contributed by atoms with van der Waals surface area (Å²) in [7, 11) is -2.98. The Morgan fingerprint density at radius 2 is 1.86 bits per heavy atom. The fourth-order valence-electron chi connectivity index (χ4n) is 3.56. The minimum Gasteiger partial charge on any atom is -0.297 e. The predicted molar refractivity (Wildman–Crippen MR) is 85.3 cm³/mol. The highest BCUT2D eigenvalue weighted by molar-refractivity contribution is 7.91. The zero-order chi connectivity index (χ0) is 15.9. The Bertz CT molecular complexity index is 668. The number of fused-ring (bicyclic) bond motifs is 1. The summed E-state index contributed by atoms with van der Waals surface area (Å²) < 4.78 is 37.3. The van der Waals surface area contributed by atoms with Crippen LogP contribution in [0, 0.1) is 5.82 Å². The average molecular weight is 347 g/mol. The Kier molecular flexibility index (Phi) is 4.47. The van der Waals surface area contributed by atoms with Crippen molar-refractivity contribution in [1.82, 2.24) is 9.80 Å². The molecular formula is C15H20ClFN2O2S. The van der Waals surface area contributed by atoms with Gasteiger partial charge in [-0.05, 0) is 24.2 Å². The molecule has 2 atom stereocenters. The van der Waals surface area contributed by atoms with Gasteiger partial charge in [-0.1, -0.05) is 24.6 Å². The summed E-state index contributed by atoms with van der Waals surface area (Å²) in [4.78, 5) is 4.45. The zero-order valence-corrected chi connectivity index (χ0v) is 14.1. The molecule has 2 saturated heterocycles. The molecule has 1 aromatic rings. The number of piperazine rings is 1. The lowest BCUT2D eigenvalue weighted by atomic mass is 10.0. The molecule has 22 heavy (non-hydrogen) atoms. The molecule has 7 heteroatoms. The zero-order valence-electron chi connectivity index (χ0n) is 12.5. The van der Waals surface area contributed by atoms with Gasteiger partial charge in [0.05, 0.1) is 16.5 Å². The highest BCUT2D eigenvalue weighted by atomic mass is 35.5.